The summed E-state index contributed by atoms with van der Waals surface area (Å²) in [6, 6.07) is 16.0. The molecule has 2 aliphatic rings. The van der Waals surface area contributed by atoms with Gasteiger partial charge in [0.25, 0.3) is 0 Å². The number of aromatic amines is 2. The number of likely N-dealkylation sites (tertiary alicyclic amines) is 1. The summed E-state index contributed by atoms with van der Waals surface area (Å²) in [5.41, 5.74) is 6.12. The maximum absolute atomic E-state index is 13.5. The summed E-state index contributed by atoms with van der Waals surface area (Å²) >= 11 is 0. The van der Waals surface area contributed by atoms with Crippen LogP contribution in [-0.4, -0.2) is 82.1 Å². The average molecular weight is 670 g/mol. The van der Waals surface area contributed by atoms with Crippen LogP contribution in [-0.2, 0) is 19.0 Å². The van der Waals surface area contributed by atoms with Crippen LogP contribution in [0.3, 0.4) is 0 Å². The van der Waals surface area contributed by atoms with E-state index >= 15 is 0 Å². The first-order valence-electron chi connectivity index (χ1n) is 17.2. The van der Waals surface area contributed by atoms with Gasteiger partial charge in [0.2, 0.25) is 5.91 Å². The fourth-order valence-corrected chi connectivity index (χ4v) is 6.91. The smallest absolute Gasteiger partial charge is 0.407 e. The van der Waals surface area contributed by atoms with E-state index in [1.54, 1.807) is 0 Å². The lowest BCUT2D eigenvalue weighted by atomic mass is 10.0. The molecular weight excluding hydrogens is 622 g/mol. The molecule has 0 spiro atoms. The molecule has 2 amide bonds. The van der Waals surface area contributed by atoms with E-state index in [0.29, 0.717) is 32.7 Å². The molecule has 6 rings (SSSR count). The van der Waals surface area contributed by atoms with Crippen LogP contribution in [0.4, 0.5) is 4.79 Å². The third-order valence-corrected chi connectivity index (χ3v) is 9.44. The summed E-state index contributed by atoms with van der Waals surface area (Å²) in [5.74, 6) is 0.797. The number of aromatic nitrogens is 4. The molecule has 3 atom stereocenters. The number of alkyl carbamates (subject to hydrolysis) is 1. The molecule has 1 unspecified atom stereocenters. The van der Waals surface area contributed by atoms with Crippen molar-refractivity contribution in [2.45, 2.75) is 70.9 Å². The van der Waals surface area contributed by atoms with Gasteiger partial charge in [-0.25, -0.2) is 14.8 Å². The Labute approximate surface area is 287 Å². The Morgan fingerprint density at radius 2 is 1.45 bits per heavy atom. The maximum Gasteiger partial charge on any atom is 0.407 e. The molecule has 0 bridgehead atoms. The standard InChI is InChI=1S/C37H47N7O5/c1-6-48-37(49-7-2)19-28(40-22-37)33-38-20-29(41-33)26-14-10-24(11-15-26)25-12-16-27(17-13-25)30-21-39-34(42-30)31-9-8-18-44(31)35(45)32(23(3)4)43-36(46)47-5/h10-17,20-21,23,28,31-32,40H,6-9,18-19,22H2,1-5H3,(H,38,41)(H,39,42)(H,43,46)/t28-,31?,32-/m0/s1. The third kappa shape index (κ3) is 7.41. The summed E-state index contributed by atoms with van der Waals surface area (Å²) in [4.78, 5) is 43.5. The fourth-order valence-electron chi connectivity index (χ4n) is 6.91. The van der Waals surface area contributed by atoms with Crippen molar-refractivity contribution < 1.29 is 23.8 Å². The maximum atomic E-state index is 13.5. The van der Waals surface area contributed by atoms with Crippen molar-refractivity contribution >= 4 is 12.0 Å². The SMILES string of the molecule is CCOC1(OCC)CN[C@H](c2ncc(-c3ccc(-c4ccc(-c5cnc(C6CCCN6C(=O)[C@@H](NC(=O)OC)C(C)C)[nH]5)cc4)cc3)[nH]2)C1. The predicted octanol–water partition coefficient (Wildman–Crippen LogP) is 5.98. The molecule has 2 aromatic heterocycles. The molecule has 4 aromatic rings. The van der Waals surface area contributed by atoms with Crippen molar-refractivity contribution in [3.05, 3.63) is 72.6 Å². The van der Waals surface area contributed by atoms with Gasteiger partial charge in [-0.15, -0.1) is 0 Å². The largest absolute Gasteiger partial charge is 0.453 e. The number of methoxy groups -OCH3 is 1. The number of nitrogens with zero attached hydrogens (tertiary/aromatic N) is 3. The highest BCUT2D eigenvalue weighted by Crippen LogP contribution is 2.35. The van der Waals surface area contributed by atoms with Gasteiger partial charge >= 0.3 is 6.09 Å². The lowest BCUT2D eigenvalue weighted by Gasteiger charge is -2.30. The second-order valence-corrected chi connectivity index (χ2v) is 13.0. The Kier molecular flexibility index (Phi) is 10.5. The molecule has 260 valence electrons. The molecule has 49 heavy (non-hydrogen) atoms. The third-order valence-electron chi connectivity index (χ3n) is 9.44. The van der Waals surface area contributed by atoms with E-state index in [1.807, 2.05) is 45.0 Å². The van der Waals surface area contributed by atoms with Gasteiger partial charge in [-0.05, 0) is 54.9 Å². The van der Waals surface area contributed by atoms with Gasteiger partial charge in [0, 0.05) is 26.2 Å². The van der Waals surface area contributed by atoms with Gasteiger partial charge in [-0.3, -0.25) is 4.79 Å². The second-order valence-electron chi connectivity index (χ2n) is 13.0. The monoisotopic (exact) mass is 669 g/mol. The highest BCUT2D eigenvalue weighted by atomic mass is 16.7. The van der Waals surface area contributed by atoms with Crippen molar-refractivity contribution in [2.75, 3.05) is 33.4 Å². The molecule has 4 N–H and O–H groups in total. The van der Waals surface area contributed by atoms with Crippen LogP contribution in [0.5, 0.6) is 0 Å². The summed E-state index contributed by atoms with van der Waals surface area (Å²) < 4.78 is 16.7. The number of nitrogens with one attached hydrogen (secondary N) is 4. The van der Waals surface area contributed by atoms with Crippen molar-refractivity contribution in [3.8, 4) is 33.6 Å². The van der Waals surface area contributed by atoms with Crippen molar-refractivity contribution in [3.63, 3.8) is 0 Å². The highest BCUT2D eigenvalue weighted by molar-refractivity contribution is 5.86. The lowest BCUT2D eigenvalue weighted by molar-refractivity contribution is -0.220. The molecule has 0 radical (unpaired) electrons. The normalized spacial score (nSPS) is 19.3. The number of ether oxygens (including phenoxy) is 3. The van der Waals surface area contributed by atoms with Crippen LogP contribution < -0.4 is 10.6 Å². The Hall–Kier alpha value is -4.52. The topological polar surface area (TPSA) is 146 Å². The molecule has 2 fully saturated rings. The Balaban J connectivity index is 1.10. The van der Waals surface area contributed by atoms with Crippen molar-refractivity contribution in [1.29, 1.82) is 0 Å². The van der Waals surface area contributed by atoms with E-state index in [-0.39, 0.29) is 23.9 Å². The van der Waals surface area contributed by atoms with Crippen molar-refractivity contribution in [1.82, 2.24) is 35.5 Å². The van der Waals surface area contributed by atoms with Crippen LogP contribution in [0.25, 0.3) is 33.6 Å². The van der Waals surface area contributed by atoms with Crippen LogP contribution in [0.15, 0.2) is 60.9 Å². The van der Waals surface area contributed by atoms with E-state index < -0.39 is 17.9 Å². The molecule has 2 saturated heterocycles. The average Bonchev–Trinajstić information content (AvgIpc) is 3.94. The first-order chi connectivity index (χ1) is 23.7. The summed E-state index contributed by atoms with van der Waals surface area (Å²) in [6.07, 6.45) is 5.45. The lowest BCUT2D eigenvalue weighted by Crippen LogP contribution is -2.51. The minimum Gasteiger partial charge on any atom is -0.453 e. The van der Waals surface area contributed by atoms with Crippen LogP contribution in [0.2, 0.25) is 0 Å². The zero-order valence-electron chi connectivity index (χ0n) is 28.9. The number of rotatable bonds is 12. The minimum absolute atomic E-state index is 0.0303. The predicted molar refractivity (Wildman–Crippen MR) is 186 cm³/mol. The summed E-state index contributed by atoms with van der Waals surface area (Å²) in [5, 5.41) is 6.20. The molecule has 0 saturated carbocycles. The number of benzene rings is 2. The van der Waals surface area contributed by atoms with E-state index in [0.717, 1.165) is 58.1 Å². The minimum atomic E-state index is -0.668. The first kappa shape index (κ1) is 34.3. The molecule has 2 aliphatic heterocycles. The van der Waals surface area contributed by atoms with Crippen LogP contribution >= 0.6 is 0 Å². The summed E-state index contributed by atoms with van der Waals surface area (Å²) in [7, 11) is 1.30. The van der Waals surface area contributed by atoms with E-state index in [4.69, 9.17) is 14.2 Å². The number of carbonyl (C=O) groups excluding carboxylic acids is 2. The quantitative estimate of drug-likeness (QED) is 0.135. The number of imidazole rings is 2. The number of amides is 2. The second kappa shape index (κ2) is 14.9. The van der Waals surface area contributed by atoms with E-state index in [2.05, 4.69) is 79.1 Å². The molecule has 4 heterocycles. The summed E-state index contributed by atoms with van der Waals surface area (Å²) in [6.45, 7) is 10.2. The number of H-pyrrole nitrogens is 2. The highest BCUT2D eigenvalue weighted by Gasteiger charge is 2.42. The number of hydrogen-bond donors (Lipinski definition) is 4. The number of hydrogen-bond acceptors (Lipinski definition) is 8. The molecular formula is C37H47N7O5. The van der Waals surface area contributed by atoms with Gasteiger partial charge in [0.15, 0.2) is 5.79 Å². The molecule has 12 nitrogen and oxygen atoms in total. The zero-order chi connectivity index (χ0) is 34.5. The molecule has 12 heteroatoms. The zero-order valence-corrected chi connectivity index (χ0v) is 28.9. The van der Waals surface area contributed by atoms with Gasteiger partial charge in [0.1, 0.15) is 17.7 Å². The van der Waals surface area contributed by atoms with Crippen LogP contribution in [0.1, 0.15) is 70.7 Å². The number of carbonyl (C=O) groups is 2. The molecule has 2 aromatic carbocycles. The van der Waals surface area contributed by atoms with Gasteiger partial charge in [-0.1, -0.05) is 62.4 Å². The Bertz CT molecular complexity index is 1710. The first-order valence-corrected chi connectivity index (χ1v) is 17.2. The van der Waals surface area contributed by atoms with Crippen molar-refractivity contribution in [2.24, 2.45) is 5.92 Å². The van der Waals surface area contributed by atoms with Gasteiger partial charge in [-0.2, -0.15) is 0 Å². The molecule has 0 aliphatic carbocycles. The van der Waals surface area contributed by atoms with Gasteiger partial charge in [0.05, 0.1) is 49.5 Å². The Morgan fingerprint density at radius 3 is 2.00 bits per heavy atom. The van der Waals surface area contributed by atoms with E-state index in [1.165, 1.54) is 7.11 Å². The Morgan fingerprint density at radius 1 is 0.898 bits per heavy atom. The van der Waals surface area contributed by atoms with Gasteiger partial charge < -0.3 is 39.7 Å². The fraction of sp³-hybridized carbons (Fsp3) is 0.459. The van der Waals surface area contributed by atoms with E-state index in [9.17, 15) is 9.59 Å². The van der Waals surface area contributed by atoms with Crippen LogP contribution in [0, 0.1) is 5.92 Å².